The second-order valence-corrected chi connectivity index (χ2v) is 31.7. The van der Waals surface area contributed by atoms with Gasteiger partial charge in [0, 0.05) is 183 Å². The summed E-state index contributed by atoms with van der Waals surface area (Å²) in [6.45, 7) is -26.2. The Bertz CT molecular complexity index is 6250. The summed E-state index contributed by atoms with van der Waals surface area (Å²) in [5.41, 5.74) is -16.4. The summed E-state index contributed by atoms with van der Waals surface area (Å²) in [4.78, 5) is 88.4. The number of ketones is 7. The Balaban J connectivity index is 0.000000989. The van der Waals surface area contributed by atoms with Crippen LogP contribution in [0.1, 0.15) is 388 Å². The van der Waals surface area contributed by atoms with Gasteiger partial charge in [-0.1, -0.05) is 359 Å². The minimum Gasteiger partial charge on any atom is -0.294 e. The first kappa shape index (κ1) is 44.2. The van der Waals surface area contributed by atoms with Gasteiger partial charge in [-0.2, -0.15) is 0 Å². The number of hydrogen-bond donors (Lipinski definition) is 0. The van der Waals surface area contributed by atoms with Crippen LogP contribution in [0.25, 0.3) is 0 Å². The molecule has 7 atom stereocenters. The van der Waals surface area contributed by atoms with Crippen LogP contribution in [0.4, 0.5) is 0 Å². The van der Waals surface area contributed by atoms with Gasteiger partial charge in [0.2, 0.25) is 0 Å². The van der Waals surface area contributed by atoms with Crippen LogP contribution in [0.15, 0.2) is 170 Å². The molecule has 0 aliphatic carbocycles. The molecule has 0 spiro atoms. The predicted molar refractivity (Wildman–Crippen MR) is 483 cm³/mol. The van der Waals surface area contributed by atoms with Crippen LogP contribution in [0.5, 0.6) is 0 Å². The fourth-order valence-corrected chi connectivity index (χ4v) is 11.2. The maximum absolute atomic E-state index is 13.0. The van der Waals surface area contributed by atoms with Crippen LogP contribution in [-0.2, 0) is 0 Å². The van der Waals surface area contributed by atoms with E-state index in [2.05, 4.69) is 0 Å². The molecule has 616 valence electrons. The lowest BCUT2D eigenvalue weighted by Gasteiger charge is -2.22. The fraction of sp³-hybridized carbons (Fsp3) is 0.500. The molecule has 0 bridgehead atoms. The molecule has 0 amide bonds. The summed E-state index contributed by atoms with van der Waals surface area (Å²) in [6.07, 6.45) is -4.94. The van der Waals surface area contributed by atoms with E-state index in [1.165, 1.54) is 107 Å². The monoisotopic (exact) mass is 1720 g/mol. The van der Waals surface area contributed by atoms with Crippen LogP contribution in [0.3, 0.4) is 0 Å². The van der Waals surface area contributed by atoms with E-state index in [-0.39, 0.29) is 61.1 Å². The van der Waals surface area contributed by atoms with Crippen LogP contribution >= 0.6 is 81.2 Å². The van der Waals surface area contributed by atoms with E-state index in [4.69, 9.17) is 159 Å². The minimum atomic E-state index is -3.64. The lowest BCUT2D eigenvalue weighted by atomic mass is 9.82. The Morgan fingerprint density at radius 2 is 0.446 bits per heavy atom. The van der Waals surface area contributed by atoms with Gasteiger partial charge in [-0.05, 0) is 168 Å². The average Bonchev–Trinajstić information content (AvgIpc) is 0.715. The second kappa shape index (κ2) is 47.5. The summed E-state index contributed by atoms with van der Waals surface area (Å²) < 4.78 is 439. The third-order valence-corrected chi connectivity index (χ3v) is 15.7. The van der Waals surface area contributed by atoms with Crippen molar-refractivity contribution in [3.05, 3.63) is 244 Å². The van der Waals surface area contributed by atoms with Crippen molar-refractivity contribution in [1.82, 2.24) is 0 Å². The zero-order valence-corrected chi connectivity index (χ0v) is 69.8. The van der Waals surface area contributed by atoms with Gasteiger partial charge in [0.25, 0.3) is 0 Å². The van der Waals surface area contributed by atoms with Gasteiger partial charge in [0.15, 0.2) is 40.5 Å². The highest BCUT2D eigenvalue weighted by atomic mass is 35.5. The number of carbonyl (C=O) groups excluding carboxylic acids is 7. The lowest BCUT2D eigenvalue weighted by molar-refractivity contribution is 0.0891. The van der Waals surface area contributed by atoms with Crippen LogP contribution < -0.4 is 0 Å². The molecule has 7 rings (SSSR count). The van der Waals surface area contributed by atoms with Crippen molar-refractivity contribution >= 4 is 122 Å². The van der Waals surface area contributed by atoms with Gasteiger partial charge in [0.05, 0.1) is 11.0 Å². The Morgan fingerprint density at radius 3 is 0.634 bits per heavy atom. The molecular formula is C98H133Cl7O7. The van der Waals surface area contributed by atoms with Crippen molar-refractivity contribution in [2.75, 3.05) is 0 Å². The van der Waals surface area contributed by atoms with Crippen LogP contribution in [0.2, 0.25) is 35.2 Å². The molecule has 0 radical (unpaired) electrons. The molecule has 0 aliphatic heterocycles. The van der Waals surface area contributed by atoms with Crippen molar-refractivity contribution in [2.45, 2.75) is 238 Å². The van der Waals surface area contributed by atoms with E-state index in [1.54, 1.807) is 56.3 Å². The Hall–Kier alpha value is -5.74. The molecule has 14 heteroatoms. The third kappa shape index (κ3) is 46.1. The van der Waals surface area contributed by atoms with E-state index in [0.717, 1.165) is 34.6 Å². The van der Waals surface area contributed by atoms with E-state index < -0.39 is 301 Å². The second-order valence-electron chi connectivity index (χ2n) is 28.8. The molecule has 7 aromatic carbocycles. The number of Topliss-reactive ketones (excluding diaryl/α,β-unsaturated/α-hetero) is 7. The van der Waals surface area contributed by atoms with Gasteiger partial charge in [-0.3, -0.25) is 33.6 Å². The summed E-state index contributed by atoms with van der Waals surface area (Å²) in [7, 11) is 0. The van der Waals surface area contributed by atoms with E-state index in [0.29, 0.717) is 20.6 Å². The molecular weight excluding hydrogens is 1540 g/mol. The standard InChI is InChI=1S/7C14H19ClO/c7*1-10(9-14(2,3)4)13(16)11-6-5-7-12(15)8-11/h7*5-8,10H,9H2,1-4H3/t7*10-/m1111111/s1/i2D3,3D3,4D3,5D,6D,7D,8D,10D;5D,6D,7D,8D,10D;2*2D3,3D3,4D3,10D;2*2D3,3D3,10D;2D3,10D. The third-order valence-electron chi connectivity index (χ3n) is 14.1. The molecule has 7 nitrogen and oxygen atoms in total. The predicted octanol–water partition coefficient (Wildman–Crippen LogP) is 32.2. The molecule has 0 aliphatic rings. The Morgan fingerprint density at radius 1 is 0.268 bits per heavy atom. The highest BCUT2D eigenvalue weighted by Gasteiger charge is 2.28. The summed E-state index contributed by atoms with van der Waals surface area (Å²) in [6, 6.07) is 24.0. The SMILES string of the molecule is [2H]C([2H])([2H])C(C)(C)C[C@@]([2H])(C)C(=O)c1cccc(Cl)c1.[2H]C([2H])([2H])C(C)(C[C@@]([2H])(C)C(=O)c1cccc(Cl)c1)C([2H])([2H])[2H].[2H]C([2H])([2H])C(C)(C[C@@]([2H])(C)C(=O)c1cccc(Cl)c1)C([2H])([2H])[2H].[2H]C([2H])([2H])C(C[C@@]([2H])(C)C(=O)c1cccc(Cl)c1)(C([2H])([2H])[2H])C([2H])([2H])[2H].[2H]C([2H])([2H])C(C[C@@]([2H])(C)C(=O)c1cccc(Cl)c1)(C([2H])([2H])[2H])C([2H])([2H])[2H].[2H]c1c([2H])c(Cl)c([2H])c(C(=O)[C@]([2H])(C)CC(C([2H])([2H])[2H])(C([2H])([2H])[2H])C([2H])([2H])[2H])c1[2H].[2H]c1c([2H])c(Cl)c([2H])c(C(=O)[C@]([2H])(C)CC(C)(C)C)c1[2H]. The van der Waals surface area contributed by atoms with Crippen molar-refractivity contribution < 1.29 is 112 Å². The van der Waals surface area contributed by atoms with Gasteiger partial charge in [-0.15, -0.1) is 0 Å². The maximum Gasteiger partial charge on any atom is 0.165 e. The largest absolute Gasteiger partial charge is 0.294 e. The summed E-state index contributed by atoms with van der Waals surface area (Å²) >= 11 is 40.6. The van der Waals surface area contributed by atoms with E-state index in [9.17, 15) is 33.6 Å². The van der Waals surface area contributed by atoms with Crippen molar-refractivity contribution in [2.24, 2.45) is 79.2 Å². The molecule has 112 heavy (non-hydrogen) atoms. The molecule has 0 aromatic heterocycles. The Labute approximate surface area is 792 Å². The summed E-state index contributed by atoms with van der Waals surface area (Å²) in [5.74, 6) is -20.0. The highest BCUT2D eigenvalue weighted by Crippen LogP contribution is 2.34. The first-order chi connectivity index (χ1) is 74.2. The molecule has 0 fully saturated rings. The van der Waals surface area contributed by atoms with Gasteiger partial charge in [0.1, 0.15) is 0 Å². The topological polar surface area (TPSA) is 119 Å². The van der Waals surface area contributed by atoms with Crippen LogP contribution in [-0.4, -0.2) is 40.5 Å². The minimum absolute atomic E-state index is 0.0366. The zero-order chi connectivity index (χ0) is 135. The van der Waals surface area contributed by atoms with Gasteiger partial charge in [-0.25, -0.2) is 0 Å². The van der Waals surface area contributed by atoms with Crippen LogP contribution in [0, 0.1) is 79.2 Å². The number of benzene rings is 7. The lowest BCUT2D eigenvalue weighted by Crippen LogP contribution is -2.18. The summed E-state index contributed by atoms with van der Waals surface area (Å²) in [5, 5.41) is 0.430. The normalized spacial score (nSPS) is 24.6. The van der Waals surface area contributed by atoms with E-state index in [1.807, 2.05) is 20.8 Å². The number of hydrogen-bond acceptors (Lipinski definition) is 7. The molecule has 7 aromatic rings. The number of carbonyl (C=O) groups is 7. The van der Waals surface area contributed by atoms with Crippen molar-refractivity contribution in [3.8, 4) is 0 Å². The van der Waals surface area contributed by atoms with Gasteiger partial charge >= 0.3 is 0 Å². The Kier molecular flexibility index (Phi) is 18.7. The molecule has 0 unspecified atom stereocenters. The van der Waals surface area contributed by atoms with E-state index >= 15 is 0 Å². The van der Waals surface area contributed by atoms with Crippen molar-refractivity contribution in [3.63, 3.8) is 0 Å². The smallest absolute Gasteiger partial charge is 0.165 e. The number of halogens is 7. The molecule has 0 saturated carbocycles. The molecule has 0 saturated heterocycles. The molecule has 0 heterocycles. The average molecular weight is 1730 g/mol. The highest BCUT2D eigenvalue weighted by molar-refractivity contribution is 6.33. The first-order valence-electron chi connectivity index (χ1n) is 62.3. The number of rotatable bonds is 21. The van der Waals surface area contributed by atoms with Gasteiger partial charge < -0.3 is 0 Å². The van der Waals surface area contributed by atoms with Crippen molar-refractivity contribution in [1.29, 1.82) is 0 Å². The maximum atomic E-state index is 13.0. The fourth-order valence-electron chi connectivity index (χ4n) is 9.95. The zero-order valence-electron chi connectivity index (χ0n) is 122. The first-order valence-corrected chi connectivity index (χ1v) is 36.5. The quantitative estimate of drug-likeness (QED) is 0.0657. The molecule has 0 N–H and O–H groups in total.